The highest BCUT2D eigenvalue weighted by Crippen LogP contribution is 2.03. The van der Waals surface area contributed by atoms with Crippen molar-refractivity contribution in [3.05, 3.63) is 18.2 Å². The zero-order chi connectivity index (χ0) is 10.2. The molecule has 1 aromatic rings. The predicted octanol–water partition coefficient (Wildman–Crippen LogP) is 2.75. The Morgan fingerprint density at radius 2 is 2.21 bits per heavy atom. The lowest BCUT2D eigenvalue weighted by molar-refractivity contribution is -0.682. The zero-order valence-corrected chi connectivity index (χ0v) is 10.1. The maximum Gasteiger partial charge on any atom is 0.254 e. The van der Waals surface area contributed by atoms with E-state index in [-0.39, 0.29) is 0 Å². The molecule has 1 heterocycles. The van der Waals surface area contributed by atoms with Crippen molar-refractivity contribution in [3.63, 3.8) is 0 Å². The molecule has 0 aromatic carbocycles. The first-order valence-corrected chi connectivity index (χ1v) is 6.67. The molecular formula is C11H21N2S+. The summed E-state index contributed by atoms with van der Waals surface area (Å²) in [6.07, 6.45) is 9.30. The molecule has 0 aliphatic heterocycles. The molecule has 0 radical (unpaired) electrons. The Bertz CT molecular complexity index is 245. The van der Waals surface area contributed by atoms with Crippen molar-refractivity contribution in [3.8, 4) is 0 Å². The van der Waals surface area contributed by atoms with Gasteiger partial charge < -0.3 is 0 Å². The van der Waals surface area contributed by atoms with Crippen LogP contribution in [0.5, 0.6) is 0 Å². The highest BCUT2D eigenvalue weighted by molar-refractivity contribution is 7.98. The molecule has 0 aliphatic carbocycles. The SMILES string of the molecule is CCCCCc1[nH]cc[n+]1CSCC. The molecule has 80 valence electrons. The molecule has 0 atom stereocenters. The van der Waals surface area contributed by atoms with Crippen molar-refractivity contribution in [1.82, 2.24) is 4.98 Å². The van der Waals surface area contributed by atoms with Gasteiger partial charge in [0.1, 0.15) is 18.3 Å². The lowest BCUT2D eigenvalue weighted by Crippen LogP contribution is -2.34. The van der Waals surface area contributed by atoms with Crippen LogP contribution in [0.2, 0.25) is 0 Å². The van der Waals surface area contributed by atoms with E-state index < -0.39 is 0 Å². The van der Waals surface area contributed by atoms with E-state index in [0.717, 1.165) is 5.88 Å². The number of nitrogens with zero attached hydrogens (tertiary/aromatic N) is 1. The summed E-state index contributed by atoms with van der Waals surface area (Å²) in [5, 5.41) is 0. The van der Waals surface area contributed by atoms with Gasteiger partial charge in [0, 0.05) is 6.42 Å². The minimum Gasteiger partial charge on any atom is -0.248 e. The molecule has 1 rings (SSSR count). The standard InChI is InChI=1S/C11H20N2S/c1-3-5-6-7-11-12-8-9-13(11)10-14-4-2/h8-9H,3-7,10H2,1-2H3/p+1. The third kappa shape index (κ3) is 3.74. The van der Waals surface area contributed by atoms with Crippen LogP contribution in [-0.4, -0.2) is 10.7 Å². The number of hydrogen-bond donors (Lipinski definition) is 1. The molecule has 3 heteroatoms. The van der Waals surface area contributed by atoms with Crippen LogP contribution in [0.15, 0.2) is 12.4 Å². The number of unbranched alkanes of at least 4 members (excludes halogenated alkanes) is 2. The number of hydrogen-bond acceptors (Lipinski definition) is 1. The first kappa shape index (κ1) is 11.6. The Kier molecular flexibility index (Phi) is 5.76. The first-order valence-electron chi connectivity index (χ1n) is 5.52. The number of aromatic amines is 1. The molecule has 0 saturated heterocycles. The van der Waals surface area contributed by atoms with E-state index >= 15 is 0 Å². The third-order valence-electron chi connectivity index (χ3n) is 2.30. The van der Waals surface area contributed by atoms with Crippen molar-refractivity contribution in [2.75, 3.05) is 5.75 Å². The van der Waals surface area contributed by atoms with E-state index in [1.807, 2.05) is 18.0 Å². The summed E-state index contributed by atoms with van der Waals surface area (Å²) in [6, 6.07) is 0. The predicted molar refractivity (Wildman–Crippen MR) is 62.3 cm³/mol. The average molecular weight is 213 g/mol. The molecule has 0 unspecified atom stereocenters. The molecule has 14 heavy (non-hydrogen) atoms. The molecule has 1 N–H and O–H groups in total. The second-order valence-electron chi connectivity index (χ2n) is 3.46. The van der Waals surface area contributed by atoms with Gasteiger partial charge in [-0.2, -0.15) is 0 Å². The number of rotatable bonds is 7. The number of aromatic nitrogens is 2. The molecule has 1 aromatic heterocycles. The molecule has 0 spiro atoms. The van der Waals surface area contributed by atoms with Gasteiger partial charge in [0.05, 0.1) is 0 Å². The van der Waals surface area contributed by atoms with Crippen molar-refractivity contribution >= 4 is 11.8 Å². The number of nitrogens with one attached hydrogen (secondary N) is 1. The van der Waals surface area contributed by atoms with Crippen molar-refractivity contribution in [2.24, 2.45) is 0 Å². The number of thioether (sulfide) groups is 1. The van der Waals surface area contributed by atoms with E-state index in [0.29, 0.717) is 0 Å². The summed E-state index contributed by atoms with van der Waals surface area (Å²) < 4.78 is 2.32. The summed E-state index contributed by atoms with van der Waals surface area (Å²) >= 11 is 1.96. The van der Waals surface area contributed by atoms with Crippen LogP contribution in [0.4, 0.5) is 0 Å². The van der Waals surface area contributed by atoms with Crippen LogP contribution >= 0.6 is 11.8 Å². The Morgan fingerprint density at radius 1 is 1.36 bits per heavy atom. The summed E-state index contributed by atoms with van der Waals surface area (Å²) in [6.45, 7) is 4.45. The maximum atomic E-state index is 3.32. The highest BCUT2D eigenvalue weighted by atomic mass is 32.2. The molecule has 0 saturated carbocycles. The fourth-order valence-electron chi connectivity index (χ4n) is 1.47. The number of H-pyrrole nitrogens is 1. The number of imidazole rings is 1. The van der Waals surface area contributed by atoms with Crippen LogP contribution in [0, 0.1) is 0 Å². The Hall–Kier alpha value is -0.440. The monoisotopic (exact) mass is 213 g/mol. The first-order chi connectivity index (χ1) is 6.88. The minimum atomic E-state index is 1.08. The zero-order valence-electron chi connectivity index (χ0n) is 9.25. The van der Waals surface area contributed by atoms with Gasteiger partial charge in [0.15, 0.2) is 0 Å². The van der Waals surface area contributed by atoms with Gasteiger partial charge in [0.25, 0.3) is 5.82 Å². The summed E-state index contributed by atoms with van der Waals surface area (Å²) in [5.41, 5.74) is 0. The van der Waals surface area contributed by atoms with Crippen LogP contribution in [0.1, 0.15) is 38.9 Å². The molecule has 0 aliphatic rings. The normalized spacial score (nSPS) is 10.7. The molecule has 0 fully saturated rings. The van der Waals surface area contributed by atoms with E-state index in [2.05, 4.69) is 29.6 Å². The van der Waals surface area contributed by atoms with Crippen molar-refractivity contribution in [2.45, 2.75) is 45.4 Å². The molecule has 0 amide bonds. The van der Waals surface area contributed by atoms with Crippen LogP contribution in [0.3, 0.4) is 0 Å². The molecular weight excluding hydrogens is 192 g/mol. The van der Waals surface area contributed by atoms with E-state index in [1.54, 1.807) is 0 Å². The summed E-state index contributed by atoms with van der Waals surface area (Å²) in [5.74, 6) is 3.65. The van der Waals surface area contributed by atoms with Gasteiger partial charge in [0.2, 0.25) is 0 Å². The fourth-order valence-corrected chi connectivity index (χ4v) is 2.09. The number of aryl methyl sites for hydroxylation is 1. The Balaban J connectivity index is 2.37. The lowest BCUT2D eigenvalue weighted by atomic mass is 10.2. The minimum absolute atomic E-state index is 1.08. The van der Waals surface area contributed by atoms with Gasteiger partial charge in [-0.05, 0) is 12.2 Å². The van der Waals surface area contributed by atoms with Crippen LogP contribution < -0.4 is 4.57 Å². The molecule has 0 bridgehead atoms. The van der Waals surface area contributed by atoms with E-state index in [4.69, 9.17) is 0 Å². The van der Waals surface area contributed by atoms with Gasteiger partial charge >= 0.3 is 0 Å². The van der Waals surface area contributed by atoms with Gasteiger partial charge in [-0.3, -0.25) is 0 Å². The fraction of sp³-hybridized carbons (Fsp3) is 0.727. The van der Waals surface area contributed by atoms with E-state index in [9.17, 15) is 0 Å². The smallest absolute Gasteiger partial charge is 0.248 e. The largest absolute Gasteiger partial charge is 0.254 e. The third-order valence-corrected chi connectivity index (χ3v) is 3.17. The molecule has 2 nitrogen and oxygen atoms in total. The Labute approximate surface area is 91.1 Å². The topological polar surface area (TPSA) is 19.7 Å². The van der Waals surface area contributed by atoms with Crippen molar-refractivity contribution in [1.29, 1.82) is 0 Å². The summed E-state index contributed by atoms with van der Waals surface area (Å²) in [7, 11) is 0. The van der Waals surface area contributed by atoms with Gasteiger partial charge in [-0.1, -0.05) is 26.7 Å². The summed E-state index contributed by atoms with van der Waals surface area (Å²) in [4.78, 5) is 3.32. The lowest BCUT2D eigenvalue weighted by Gasteiger charge is -1.99. The maximum absolute atomic E-state index is 3.32. The van der Waals surface area contributed by atoms with E-state index in [1.165, 1.54) is 37.3 Å². The van der Waals surface area contributed by atoms with Gasteiger partial charge in [-0.25, -0.2) is 9.55 Å². The average Bonchev–Trinajstić information content (AvgIpc) is 2.63. The second-order valence-corrected chi connectivity index (χ2v) is 4.70. The quantitative estimate of drug-likeness (QED) is 0.545. The van der Waals surface area contributed by atoms with Crippen molar-refractivity contribution < 1.29 is 4.57 Å². The van der Waals surface area contributed by atoms with Crippen LogP contribution in [0.25, 0.3) is 0 Å². The highest BCUT2D eigenvalue weighted by Gasteiger charge is 2.08. The van der Waals surface area contributed by atoms with Gasteiger partial charge in [-0.15, -0.1) is 11.8 Å². The van der Waals surface area contributed by atoms with Crippen LogP contribution in [-0.2, 0) is 12.3 Å². The Morgan fingerprint density at radius 3 is 2.93 bits per heavy atom. The second kappa shape index (κ2) is 6.93.